The van der Waals surface area contributed by atoms with Gasteiger partial charge in [-0.1, -0.05) is 11.6 Å². The molecule has 2 aromatic heterocycles. The molecular weight excluding hydrogens is 433 g/mol. The number of hydrogen-bond donors (Lipinski definition) is 3. The molecule has 2 heterocycles. The van der Waals surface area contributed by atoms with Crippen molar-refractivity contribution in [3.8, 4) is 6.07 Å². The Labute approximate surface area is 187 Å². The number of nitriles is 1. The zero-order valence-corrected chi connectivity index (χ0v) is 17.4. The second-order valence-corrected chi connectivity index (χ2v) is 7.34. The largest absolute Gasteiger partial charge is 0.378 e. The Morgan fingerprint density at radius 2 is 2.03 bits per heavy atom. The predicted octanol–water partition coefficient (Wildman–Crippen LogP) is 3.94. The van der Waals surface area contributed by atoms with Crippen molar-refractivity contribution in [1.29, 1.82) is 5.26 Å². The highest BCUT2D eigenvalue weighted by Gasteiger charge is 2.12. The Morgan fingerprint density at radius 1 is 1.22 bits per heavy atom. The van der Waals surface area contributed by atoms with Gasteiger partial charge in [0.1, 0.15) is 24.3 Å². The van der Waals surface area contributed by atoms with E-state index in [-0.39, 0.29) is 11.6 Å². The van der Waals surface area contributed by atoms with Crippen LogP contribution in [0.15, 0.2) is 55.0 Å². The number of imidazole rings is 1. The number of pyridine rings is 1. The normalized spacial score (nSPS) is 10.7. The van der Waals surface area contributed by atoms with Gasteiger partial charge < -0.3 is 20.9 Å². The molecule has 0 fully saturated rings. The number of fused-ring (bicyclic) bond motifs is 1. The first-order valence-corrected chi connectivity index (χ1v) is 9.89. The van der Waals surface area contributed by atoms with Crippen molar-refractivity contribution in [3.63, 3.8) is 0 Å². The van der Waals surface area contributed by atoms with Gasteiger partial charge in [-0.2, -0.15) is 5.26 Å². The molecule has 4 N–H and O–H groups in total. The summed E-state index contributed by atoms with van der Waals surface area (Å²) >= 11 is 5.89. The van der Waals surface area contributed by atoms with E-state index in [2.05, 4.69) is 26.7 Å². The van der Waals surface area contributed by atoms with Crippen LogP contribution in [-0.4, -0.2) is 20.4 Å². The lowest BCUT2D eigenvalue weighted by Gasteiger charge is -2.14. The quantitative estimate of drug-likeness (QED) is 0.393. The van der Waals surface area contributed by atoms with Gasteiger partial charge in [-0.3, -0.25) is 9.78 Å². The van der Waals surface area contributed by atoms with Gasteiger partial charge in [-0.05, 0) is 36.4 Å². The van der Waals surface area contributed by atoms with Crippen molar-refractivity contribution in [2.24, 2.45) is 5.73 Å². The molecule has 0 aliphatic heterocycles. The molecule has 0 unspecified atom stereocenters. The third kappa shape index (κ3) is 4.45. The lowest BCUT2D eigenvalue weighted by atomic mass is 10.1. The summed E-state index contributed by atoms with van der Waals surface area (Å²) in [4.78, 5) is 19.8. The third-order valence-corrected chi connectivity index (χ3v) is 5.05. The van der Waals surface area contributed by atoms with Crippen LogP contribution in [0.1, 0.15) is 11.4 Å². The van der Waals surface area contributed by atoms with Gasteiger partial charge in [-0.15, -0.1) is 0 Å². The molecule has 4 aromatic rings. The van der Waals surface area contributed by atoms with Gasteiger partial charge in [0, 0.05) is 35.4 Å². The maximum absolute atomic E-state index is 13.5. The summed E-state index contributed by atoms with van der Waals surface area (Å²) in [5.74, 6) is -0.340. The summed E-state index contributed by atoms with van der Waals surface area (Å²) in [6, 6.07) is 11.9. The average molecular weight is 450 g/mol. The van der Waals surface area contributed by atoms with Crippen LogP contribution in [0, 0.1) is 17.1 Å². The number of carbonyl (C=O) groups is 1. The van der Waals surface area contributed by atoms with Crippen LogP contribution < -0.4 is 16.4 Å². The monoisotopic (exact) mass is 449 g/mol. The summed E-state index contributed by atoms with van der Waals surface area (Å²) in [6.07, 6.45) is 4.75. The molecule has 0 aliphatic carbocycles. The van der Waals surface area contributed by atoms with Crippen LogP contribution in [-0.2, 0) is 17.9 Å². The molecular formula is C22H17ClFN7O. The molecule has 0 bridgehead atoms. The minimum absolute atomic E-state index is 0.0271. The van der Waals surface area contributed by atoms with E-state index in [4.69, 9.17) is 17.3 Å². The van der Waals surface area contributed by atoms with Crippen LogP contribution in [0.5, 0.6) is 0 Å². The van der Waals surface area contributed by atoms with E-state index in [1.807, 2.05) is 18.2 Å². The number of amides is 1. The molecule has 8 nitrogen and oxygen atoms in total. The van der Waals surface area contributed by atoms with Crippen molar-refractivity contribution in [2.45, 2.75) is 13.1 Å². The van der Waals surface area contributed by atoms with Crippen LogP contribution in [0.25, 0.3) is 10.9 Å². The predicted molar refractivity (Wildman–Crippen MR) is 120 cm³/mol. The number of carbonyl (C=O) groups excluding carboxylic acids is 1. The Kier molecular flexibility index (Phi) is 5.87. The van der Waals surface area contributed by atoms with Crippen LogP contribution in [0.4, 0.5) is 21.5 Å². The summed E-state index contributed by atoms with van der Waals surface area (Å²) in [6.45, 7) is 0.395. The van der Waals surface area contributed by atoms with E-state index in [1.165, 1.54) is 24.4 Å². The SMILES string of the molecule is N#Cc1cnc2ccc(NCc3nccn3CC(N)=O)cc2c1Nc1ccc(F)c(Cl)c1. The first kappa shape index (κ1) is 21.1. The van der Waals surface area contributed by atoms with Gasteiger partial charge in [0.2, 0.25) is 5.91 Å². The van der Waals surface area contributed by atoms with E-state index in [0.717, 1.165) is 5.69 Å². The molecule has 32 heavy (non-hydrogen) atoms. The highest BCUT2D eigenvalue weighted by atomic mass is 35.5. The zero-order chi connectivity index (χ0) is 22.7. The molecule has 4 rings (SSSR count). The van der Waals surface area contributed by atoms with E-state index in [9.17, 15) is 14.4 Å². The second kappa shape index (κ2) is 8.91. The summed E-state index contributed by atoms with van der Waals surface area (Å²) in [5, 5.41) is 16.6. The van der Waals surface area contributed by atoms with E-state index in [0.29, 0.717) is 40.2 Å². The van der Waals surface area contributed by atoms with Gasteiger partial charge >= 0.3 is 0 Å². The standard InChI is InChI=1S/C22H17ClFN7O/c23-17-8-15(1-3-18(17)24)30-22-13(9-25)10-29-19-4-2-14(7-16(19)22)28-11-21-27-5-6-31(21)12-20(26)32/h1-8,10,28H,11-12H2,(H2,26,32)(H,29,30). The van der Waals surface area contributed by atoms with Gasteiger partial charge in [0.15, 0.2) is 0 Å². The van der Waals surface area contributed by atoms with Crippen LogP contribution in [0.2, 0.25) is 5.02 Å². The molecule has 0 aliphatic rings. The second-order valence-electron chi connectivity index (χ2n) is 6.94. The third-order valence-electron chi connectivity index (χ3n) is 4.76. The molecule has 1 amide bonds. The fraction of sp³-hybridized carbons (Fsp3) is 0.0909. The molecule has 2 aromatic carbocycles. The summed E-state index contributed by atoms with van der Waals surface area (Å²) in [7, 11) is 0. The minimum Gasteiger partial charge on any atom is -0.378 e. The molecule has 0 saturated heterocycles. The van der Waals surface area contributed by atoms with E-state index < -0.39 is 11.7 Å². The van der Waals surface area contributed by atoms with Crippen molar-refractivity contribution in [1.82, 2.24) is 14.5 Å². The minimum atomic E-state index is -0.529. The highest BCUT2D eigenvalue weighted by Crippen LogP contribution is 2.32. The topological polar surface area (TPSA) is 122 Å². The van der Waals surface area contributed by atoms with E-state index in [1.54, 1.807) is 17.0 Å². The summed E-state index contributed by atoms with van der Waals surface area (Å²) < 4.78 is 15.2. The first-order valence-electron chi connectivity index (χ1n) is 9.51. The number of nitrogens with two attached hydrogens (primary N) is 1. The number of anilines is 3. The number of nitrogens with one attached hydrogen (secondary N) is 2. The van der Waals surface area contributed by atoms with Gasteiger partial charge in [-0.25, -0.2) is 9.37 Å². The number of hydrogen-bond acceptors (Lipinski definition) is 6. The molecule has 160 valence electrons. The number of nitrogens with zero attached hydrogens (tertiary/aromatic N) is 4. The Hall–Kier alpha value is -4.16. The fourth-order valence-electron chi connectivity index (χ4n) is 3.24. The molecule has 0 spiro atoms. The maximum atomic E-state index is 13.5. The molecule has 0 atom stereocenters. The number of benzene rings is 2. The highest BCUT2D eigenvalue weighted by molar-refractivity contribution is 6.31. The fourth-order valence-corrected chi connectivity index (χ4v) is 3.42. The number of aromatic nitrogens is 3. The van der Waals surface area contributed by atoms with Gasteiger partial charge in [0.25, 0.3) is 0 Å². The summed E-state index contributed by atoms with van der Waals surface area (Å²) in [5.41, 5.74) is 8.08. The van der Waals surface area contributed by atoms with Crippen LogP contribution in [0.3, 0.4) is 0 Å². The lowest BCUT2D eigenvalue weighted by Crippen LogP contribution is -2.20. The lowest BCUT2D eigenvalue weighted by molar-refractivity contribution is -0.118. The average Bonchev–Trinajstić information content (AvgIpc) is 3.21. The molecule has 10 heteroatoms. The Bertz CT molecular complexity index is 1360. The Morgan fingerprint density at radius 3 is 2.78 bits per heavy atom. The Balaban J connectivity index is 1.66. The number of primary amides is 1. The van der Waals surface area contributed by atoms with Crippen molar-refractivity contribution < 1.29 is 9.18 Å². The first-order chi connectivity index (χ1) is 15.4. The number of rotatable bonds is 7. The zero-order valence-electron chi connectivity index (χ0n) is 16.6. The smallest absolute Gasteiger partial charge is 0.237 e. The van der Waals surface area contributed by atoms with Gasteiger partial charge in [0.05, 0.1) is 28.3 Å². The molecule has 0 saturated carbocycles. The van der Waals surface area contributed by atoms with Crippen molar-refractivity contribution >= 4 is 45.5 Å². The van der Waals surface area contributed by atoms with Crippen LogP contribution >= 0.6 is 11.6 Å². The molecule has 0 radical (unpaired) electrons. The van der Waals surface area contributed by atoms with Crippen molar-refractivity contribution in [2.75, 3.05) is 10.6 Å². The maximum Gasteiger partial charge on any atom is 0.237 e. The van der Waals surface area contributed by atoms with E-state index >= 15 is 0 Å². The van der Waals surface area contributed by atoms with Crippen molar-refractivity contribution in [3.05, 3.63) is 77.2 Å². The number of halogens is 2.